The molecule has 1 N–H and O–H groups in total. The summed E-state index contributed by atoms with van der Waals surface area (Å²) in [7, 11) is 3.33. The lowest BCUT2D eigenvalue weighted by molar-refractivity contribution is -0.126. The van der Waals surface area contributed by atoms with Crippen molar-refractivity contribution < 1.29 is 4.79 Å². The van der Waals surface area contributed by atoms with E-state index in [9.17, 15) is 9.59 Å². The van der Waals surface area contributed by atoms with Gasteiger partial charge in [0.25, 0.3) is 5.56 Å². The second kappa shape index (κ2) is 6.03. The molecule has 0 saturated heterocycles. The smallest absolute Gasteiger partial charge is 0.293 e. The molecule has 0 aliphatic carbocycles. The summed E-state index contributed by atoms with van der Waals surface area (Å²) in [5.74, 6) is 0.119. The number of likely N-dealkylation sites (N-methyl/N-ethyl adjacent to an activating group) is 1. The Morgan fingerprint density at radius 2 is 2.24 bits per heavy atom. The lowest BCUT2D eigenvalue weighted by Crippen LogP contribution is -2.32. The SMILES string of the molecule is CCCn1ccnc(NCC(=O)N(C)C)c1=O. The molecule has 0 atom stereocenters. The number of anilines is 1. The fourth-order valence-corrected chi connectivity index (χ4v) is 1.30. The maximum Gasteiger partial charge on any atom is 0.293 e. The number of hydrogen-bond donors (Lipinski definition) is 1. The zero-order chi connectivity index (χ0) is 12.8. The van der Waals surface area contributed by atoms with Crippen LogP contribution in [-0.4, -0.2) is 41.0 Å². The number of nitrogens with one attached hydrogen (secondary N) is 1. The van der Waals surface area contributed by atoms with Gasteiger partial charge in [-0.25, -0.2) is 4.98 Å². The number of nitrogens with zero attached hydrogens (tertiary/aromatic N) is 3. The molecule has 1 aromatic rings. The first-order valence-electron chi connectivity index (χ1n) is 5.55. The second-order valence-electron chi connectivity index (χ2n) is 3.92. The lowest BCUT2D eigenvalue weighted by Gasteiger charge is -2.11. The largest absolute Gasteiger partial charge is 0.356 e. The van der Waals surface area contributed by atoms with Crippen molar-refractivity contribution in [1.29, 1.82) is 0 Å². The molecule has 94 valence electrons. The van der Waals surface area contributed by atoms with Gasteiger partial charge in [-0.15, -0.1) is 0 Å². The van der Waals surface area contributed by atoms with Crippen LogP contribution in [0.4, 0.5) is 5.82 Å². The highest BCUT2D eigenvalue weighted by Crippen LogP contribution is 1.94. The molecular weight excluding hydrogens is 220 g/mol. The van der Waals surface area contributed by atoms with E-state index in [-0.39, 0.29) is 23.8 Å². The molecule has 1 rings (SSSR count). The third kappa shape index (κ3) is 3.58. The first kappa shape index (κ1) is 13.2. The van der Waals surface area contributed by atoms with Crippen LogP contribution in [0, 0.1) is 0 Å². The van der Waals surface area contributed by atoms with Gasteiger partial charge in [0.15, 0.2) is 5.82 Å². The fraction of sp³-hybridized carbons (Fsp3) is 0.545. The van der Waals surface area contributed by atoms with E-state index < -0.39 is 0 Å². The van der Waals surface area contributed by atoms with Gasteiger partial charge in [0.2, 0.25) is 5.91 Å². The maximum absolute atomic E-state index is 11.9. The Labute approximate surface area is 100 Å². The molecule has 0 unspecified atom stereocenters. The van der Waals surface area contributed by atoms with Crippen LogP contribution in [0.2, 0.25) is 0 Å². The summed E-state index contributed by atoms with van der Waals surface area (Å²) in [6.45, 7) is 2.72. The quantitative estimate of drug-likeness (QED) is 0.793. The molecule has 0 fully saturated rings. The third-order valence-electron chi connectivity index (χ3n) is 2.28. The van der Waals surface area contributed by atoms with Gasteiger partial charge in [0.05, 0.1) is 6.54 Å². The third-order valence-corrected chi connectivity index (χ3v) is 2.28. The molecule has 1 heterocycles. The summed E-state index contributed by atoms with van der Waals surface area (Å²) in [5, 5.41) is 2.76. The van der Waals surface area contributed by atoms with Crippen LogP contribution in [0.15, 0.2) is 17.2 Å². The van der Waals surface area contributed by atoms with E-state index >= 15 is 0 Å². The highest BCUT2D eigenvalue weighted by molar-refractivity contribution is 5.79. The van der Waals surface area contributed by atoms with Crippen molar-refractivity contribution >= 4 is 11.7 Å². The first-order valence-corrected chi connectivity index (χ1v) is 5.55. The summed E-state index contributed by atoms with van der Waals surface area (Å²) >= 11 is 0. The Morgan fingerprint density at radius 3 is 2.82 bits per heavy atom. The maximum atomic E-state index is 11.9. The van der Waals surface area contributed by atoms with Gasteiger partial charge < -0.3 is 14.8 Å². The van der Waals surface area contributed by atoms with Crippen molar-refractivity contribution in [2.24, 2.45) is 0 Å². The zero-order valence-corrected chi connectivity index (χ0v) is 10.4. The van der Waals surface area contributed by atoms with Crippen LogP contribution in [0.5, 0.6) is 0 Å². The predicted molar refractivity (Wildman–Crippen MR) is 66.0 cm³/mol. The number of rotatable bonds is 5. The van der Waals surface area contributed by atoms with Gasteiger partial charge in [-0.2, -0.15) is 0 Å². The molecule has 0 aliphatic rings. The Hall–Kier alpha value is -1.85. The van der Waals surface area contributed by atoms with E-state index in [4.69, 9.17) is 0 Å². The van der Waals surface area contributed by atoms with Gasteiger partial charge in [0.1, 0.15) is 0 Å². The predicted octanol–water partition coefficient (Wildman–Crippen LogP) is 0.153. The summed E-state index contributed by atoms with van der Waals surface area (Å²) in [6.07, 6.45) is 4.07. The van der Waals surface area contributed by atoms with Crippen LogP contribution in [0.25, 0.3) is 0 Å². The Bertz CT molecular complexity index is 439. The van der Waals surface area contributed by atoms with Crippen LogP contribution in [0.3, 0.4) is 0 Å². The minimum absolute atomic E-state index is 0.0748. The molecule has 1 amide bonds. The van der Waals surface area contributed by atoms with Crippen molar-refractivity contribution in [2.75, 3.05) is 26.0 Å². The van der Waals surface area contributed by atoms with Crippen LogP contribution in [-0.2, 0) is 11.3 Å². The van der Waals surface area contributed by atoms with Gasteiger partial charge >= 0.3 is 0 Å². The number of carbonyl (C=O) groups excluding carboxylic acids is 1. The van der Waals surface area contributed by atoms with Crippen molar-refractivity contribution in [3.05, 3.63) is 22.7 Å². The molecule has 0 spiro atoms. The zero-order valence-electron chi connectivity index (χ0n) is 10.4. The highest BCUT2D eigenvalue weighted by Gasteiger charge is 2.07. The van der Waals surface area contributed by atoms with E-state index in [2.05, 4.69) is 10.3 Å². The van der Waals surface area contributed by atoms with Crippen molar-refractivity contribution in [1.82, 2.24) is 14.5 Å². The molecular formula is C11H18N4O2. The lowest BCUT2D eigenvalue weighted by atomic mass is 10.4. The summed E-state index contributed by atoms with van der Waals surface area (Å²) < 4.78 is 1.58. The molecule has 0 aromatic carbocycles. The number of aryl methyl sites for hydroxylation is 1. The van der Waals surface area contributed by atoms with E-state index in [0.29, 0.717) is 6.54 Å². The summed E-state index contributed by atoms with van der Waals surface area (Å²) in [4.78, 5) is 28.6. The molecule has 1 aromatic heterocycles. The molecule has 6 nitrogen and oxygen atoms in total. The van der Waals surface area contributed by atoms with E-state index in [1.54, 1.807) is 31.1 Å². The Kier molecular flexibility index (Phi) is 4.68. The highest BCUT2D eigenvalue weighted by atomic mass is 16.2. The second-order valence-corrected chi connectivity index (χ2v) is 3.92. The molecule has 0 aliphatic heterocycles. The Morgan fingerprint density at radius 1 is 1.53 bits per heavy atom. The topological polar surface area (TPSA) is 67.2 Å². The van der Waals surface area contributed by atoms with Gasteiger partial charge in [-0.1, -0.05) is 6.92 Å². The summed E-state index contributed by atoms with van der Waals surface area (Å²) in [5.41, 5.74) is -0.194. The van der Waals surface area contributed by atoms with Gasteiger partial charge in [0, 0.05) is 33.0 Å². The normalized spacial score (nSPS) is 10.1. The molecule has 0 radical (unpaired) electrons. The summed E-state index contributed by atoms with van der Waals surface area (Å²) in [6, 6.07) is 0. The first-order chi connectivity index (χ1) is 8.06. The molecule has 6 heteroatoms. The molecule has 0 saturated carbocycles. The van der Waals surface area contributed by atoms with Gasteiger partial charge in [-0.05, 0) is 6.42 Å². The van der Waals surface area contributed by atoms with Crippen LogP contribution < -0.4 is 10.9 Å². The van der Waals surface area contributed by atoms with Crippen molar-refractivity contribution in [2.45, 2.75) is 19.9 Å². The number of aromatic nitrogens is 2. The molecule has 17 heavy (non-hydrogen) atoms. The minimum atomic E-state index is -0.194. The number of hydrogen-bond acceptors (Lipinski definition) is 4. The van der Waals surface area contributed by atoms with Gasteiger partial charge in [-0.3, -0.25) is 9.59 Å². The average molecular weight is 238 g/mol. The van der Waals surface area contributed by atoms with E-state index in [0.717, 1.165) is 6.42 Å². The van der Waals surface area contributed by atoms with Crippen molar-refractivity contribution in [3.8, 4) is 0 Å². The van der Waals surface area contributed by atoms with Crippen LogP contribution in [0.1, 0.15) is 13.3 Å². The van der Waals surface area contributed by atoms with Crippen molar-refractivity contribution in [3.63, 3.8) is 0 Å². The average Bonchev–Trinajstić information content (AvgIpc) is 2.30. The fourth-order valence-electron chi connectivity index (χ4n) is 1.30. The minimum Gasteiger partial charge on any atom is -0.356 e. The standard InChI is InChI=1S/C11H18N4O2/c1-4-6-15-7-5-12-10(11(15)17)13-8-9(16)14(2)3/h5,7H,4,6,8H2,1-3H3,(H,12,13). The van der Waals surface area contributed by atoms with Crippen LogP contribution >= 0.6 is 0 Å². The number of amides is 1. The monoisotopic (exact) mass is 238 g/mol. The van der Waals surface area contributed by atoms with E-state index in [1.807, 2.05) is 6.92 Å². The van der Waals surface area contributed by atoms with E-state index in [1.165, 1.54) is 4.90 Å². The number of carbonyl (C=O) groups is 1. The Balaban J connectivity index is 2.75. The molecule has 0 bridgehead atoms.